The van der Waals surface area contributed by atoms with Crippen molar-refractivity contribution in [1.82, 2.24) is 19.9 Å². The minimum absolute atomic E-state index is 0.0581. The van der Waals surface area contributed by atoms with Crippen LogP contribution in [-0.2, 0) is 6.42 Å². The van der Waals surface area contributed by atoms with Gasteiger partial charge in [0.1, 0.15) is 34.4 Å². The molecule has 2 unspecified atom stereocenters. The van der Waals surface area contributed by atoms with E-state index < -0.39 is 23.4 Å². The molecule has 8 nitrogen and oxygen atoms in total. The molecule has 4 N–H and O–H groups in total. The number of piperidine rings is 1. The van der Waals surface area contributed by atoms with Crippen molar-refractivity contribution in [3.05, 3.63) is 53.5 Å². The molecule has 258 valence electrons. The van der Waals surface area contributed by atoms with Crippen molar-refractivity contribution in [1.29, 1.82) is 0 Å². The summed E-state index contributed by atoms with van der Waals surface area (Å²) < 4.78 is 71.6. The number of benzene rings is 2. The number of aliphatic hydroxyl groups excluding tert-OH is 1. The number of nitrogens with one attached hydrogen (secondary N) is 1. The molecule has 2 aromatic carbocycles. The van der Waals surface area contributed by atoms with Crippen LogP contribution in [0.5, 0.6) is 5.75 Å². The Morgan fingerprint density at radius 3 is 2.61 bits per heavy atom. The summed E-state index contributed by atoms with van der Waals surface area (Å²) in [6.07, 6.45) is 7.12. The van der Waals surface area contributed by atoms with E-state index in [1.807, 2.05) is 0 Å². The summed E-state index contributed by atoms with van der Waals surface area (Å²) >= 11 is 0. The molecule has 3 fully saturated rings. The van der Waals surface area contributed by atoms with Crippen molar-refractivity contribution in [2.75, 3.05) is 25.0 Å². The predicted molar refractivity (Wildman–Crippen MR) is 174 cm³/mol. The van der Waals surface area contributed by atoms with Crippen LogP contribution in [0.3, 0.4) is 0 Å². The van der Waals surface area contributed by atoms with Crippen LogP contribution in [0.1, 0.15) is 62.8 Å². The molecule has 2 aromatic heterocycles. The second-order valence-corrected chi connectivity index (χ2v) is 13.7. The quantitative estimate of drug-likeness (QED) is 0.128. The number of pyridine rings is 1. The van der Waals surface area contributed by atoms with E-state index in [2.05, 4.69) is 31.1 Å². The second-order valence-electron chi connectivity index (χ2n) is 13.7. The first-order valence-electron chi connectivity index (χ1n) is 16.5. The Hall–Kier alpha value is -4.12. The summed E-state index contributed by atoms with van der Waals surface area (Å²) in [5.41, 5.74) is -3.07. The number of phenols is 1. The molecule has 2 saturated carbocycles. The number of hydrogen-bond acceptors (Lipinski definition) is 8. The molecule has 3 aliphatic rings. The summed E-state index contributed by atoms with van der Waals surface area (Å²) in [5, 5.41) is 34.0. The minimum Gasteiger partial charge on any atom is -0.508 e. The first kappa shape index (κ1) is 33.4. The van der Waals surface area contributed by atoms with Gasteiger partial charge in [-0.3, -0.25) is 9.88 Å². The number of halogens is 5. The number of rotatable bonds is 8. The average Bonchev–Trinajstić information content (AvgIpc) is 3.49. The Bertz CT molecular complexity index is 1980. The number of likely N-dealkylation sites (tertiary alicyclic amines) is 1. The van der Waals surface area contributed by atoms with Crippen LogP contribution in [0.15, 0.2) is 30.5 Å². The molecule has 1 aliphatic heterocycles. The van der Waals surface area contributed by atoms with Crippen molar-refractivity contribution in [2.24, 2.45) is 5.41 Å². The van der Waals surface area contributed by atoms with Crippen molar-refractivity contribution in [3.8, 4) is 29.4 Å². The number of anilines is 1. The summed E-state index contributed by atoms with van der Waals surface area (Å²) in [6, 6.07) is 5.02. The Labute approximate surface area is 279 Å². The van der Waals surface area contributed by atoms with E-state index in [1.165, 1.54) is 30.5 Å². The molecule has 7 rings (SSSR count). The fourth-order valence-corrected chi connectivity index (χ4v) is 8.56. The molecule has 3 heterocycles. The van der Waals surface area contributed by atoms with Crippen molar-refractivity contribution in [3.63, 3.8) is 0 Å². The number of aryl methyl sites for hydroxylation is 1. The lowest BCUT2D eigenvalue weighted by atomic mass is 9.68. The van der Waals surface area contributed by atoms with Crippen LogP contribution < -0.4 is 5.32 Å². The number of aromatic nitrogens is 3. The lowest BCUT2D eigenvalue weighted by Crippen LogP contribution is -2.66. The van der Waals surface area contributed by atoms with E-state index in [1.54, 1.807) is 0 Å². The first-order valence-corrected chi connectivity index (χ1v) is 16.5. The van der Waals surface area contributed by atoms with Crippen molar-refractivity contribution < 1.29 is 37.3 Å². The fourth-order valence-electron chi connectivity index (χ4n) is 8.56. The topological polar surface area (TPSA) is 115 Å². The van der Waals surface area contributed by atoms with Gasteiger partial charge in [-0.2, -0.15) is 13.2 Å². The molecule has 13 heteroatoms. The van der Waals surface area contributed by atoms with Gasteiger partial charge >= 0.3 is 6.18 Å². The summed E-state index contributed by atoms with van der Waals surface area (Å²) in [7, 11) is 0. The van der Waals surface area contributed by atoms with Crippen LogP contribution in [-0.4, -0.2) is 78.7 Å². The molecule has 49 heavy (non-hydrogen) atoms. The number of nitrogens with zero attached hydrogens (tertiary/aromatic N) is 4. The Morgan fingerprint density at radius 1 is 1.10 bits per heavy atom. The molecule has 4 aromatic rings. The monoisotopic (exact) mass is 681 g/mol. The van der Waals surface area contributed by atoms with Gasteiger partial charge in [0, 0.05) is 55.0 Å². The third kappa shape index (κ3) is 5.63. The maximum Gasteiger partial charge on any atom is 0.417 e. The molecule has 2 aliphatic carbocycles. The van der Waals surface area contributed by atoms with Gasteiger partial charge in [0.25, 0.3) is 0 Å². The third-order valence-corrected chi connectivity index (χ3v) is 10.9. The van der Waals surface area contributed by atoms with Gasteiger partial charge in [-0.15, -0.1) is 6.42 Å². The van der Waals surface area contributed by atoms with Crippen LogP contribution in [0.2, 0.25) is 0 Å². The average molecular weight is 682 g/mol. The number of hydrogen-bond donors (Lipinski definition) is 4. The molecule has 0 amide bonds. The SMILES string of the molecule is C#Cc1c(F)ccc2cc(O)cc(-c3ncc4c(NCCO)nc(CCC56CCCC5N(C5CC(O)(C(F)(F)F)C5)CCC6)nc4c3F)c12. The number of aromatic hydroxyl groups is 1. The minimum atomic E-state index is -4.65. The smallest absolute Gasteiger partial charge is 0.417 e. The summed E-state index contributed by atoms with van der Waals surface area (Å²) in [4.78, 5) is 15.8. The fraction of sp³-hybridized carbons (Fsp3) is 0.472. The van der Waals surface area contributed by atoms with Crippen molar-refractivity contribution in [2.45, 2.75) is 81.6 Å². The lowest BCUT2D eigenvalue weighted by Gasteiger charge is -2.56. The third-order valence-electron chi connectivity index (χ3n) is 10.9. The van der Waals surface area contributed by atoms with Gasteiger partial charge < -0.3 is 20.6 Å². The number of alkyl halides is 3. The van der Waals surface area contributed by atoms with Crippen molar-refractivity contribution >= 4 is 27.5 Å². The largest absolute Gasteiger partial charge is 0.508 e. The number of aliphatic hydroxyl groups is 2. The molecular formula is C36H36F5N5O3. The molecule has 0 bridgehead atoms. The molecule has 2 atom stereocenters. The zero-order chi connectivity index (χ0) is 34.7. The maximum atomic E-state index is 16.6. The van der Waals surface area contributed by atoms with E-state index in [4.69, 9.17) is 6.42 Å². The molecular weight excluding hydrogens is 645 g/mol. The van der Waals surface area contributed by atoms with Gasteiger partial charge in [0.15, 0.2) is 11.4 Å². The van der Waals surface area contributed by atoms with Gasteiger partial charge in [0.05, 0.1) is 17.6 Å². The van der Waals surface area contributed by atoms with Gasteiger partial charge in [0.2, 0.25) is 0 Å². The summed E-state index contributed by atoms with van der Waals surface area (Å²) in [5.74, 6) is 1.25. The zero-order valence-corrected chi connectivity index (χ0v) is 26.6. The normalized spacial score (nSPS) is 25.7. The van der Waals surface area contributed by atoms with Gasteiger partial charge in [-0.1, -0.05) is 18.4 Å². The number of phenolic OH excluding ortho intramolecular Hbond substituents is 1. The van der Waals surface area contributed by atoms with Crippen LogP contribution in [0.25, 0.3) is 32.9 Å². The van der Waals surface area contributed by atoms with Gasteiger partial charge in [-0.25, -0.2) is 18.7 Å². The lowest BCUT2D eigenvalue weighted by molar-refractivity contribution is -0.302. The Balaban J connectivity index is 1.24. The molecule has 0 radical (unpaired) electrons. The highest BCUT2D eigenvalue weighted by atomic mass is 19.4. The highest BCUT2D eigenvalue weighted by Gasteiger charge is 2.64. The predicted octanol–water partition coefficient (Wildman–Crippen LogP) is 6.24. The first-order chi connectivity index (χ1) is 23.4. The van der Waals surface area contributed by atoms with E-state index in [9.17, 15) is 32.9 Å². The van der Waals surface area contributed by atoms with E-state index in [0.29, 0.717) is 30.6 Å². The van der Waals surface area contributed by atoms with E-state index in [-0.39, 0.29) is 88.2 Å². The Kier molecular flexibility index (Phi) is 8.40. The highest BCUT2D eigenvalue weighted by Crippen LogP contribution is 2.55. The van der Waals surface area contributed by atoms with Gasteiger partial charge in [-0.05, 0) is 67.6 Å². The molecule has 0 spiro atoms. The molecule has 1 saturated heterocycles. The summed E-state index contributed by atoms with van der Waals surface area (Å²) in [6.45, 7) is 0.599. The zero-order valence-electron chi connectivity index (χ0n) is 26.6. The highest BCUT2D eigenvalue weighted by molar-refractivity contribution is 6.02. The van der Waals surface area contributed by atoms with Crippen LogP contribution in [0.4, 0.5) is 27.8 Å². The Morgan fingerprint density at radius 2 is 1.88 bits per heavy atom. The second kappa shape index (κ2) is 12.3. The number of terminal acetylenes is 1. The maximum absolute atomic E-state index is 16.6. The number of fused-ring (bicyclic) bond motifs is 3. The van der Waals surface area contributed by atoms with E-state index in [0.717, 1.165) is 32.1 Å². The van der Waals surface area contributed by atoms with E-state index >= 15 is 4.39 Å². The van der Waals surface area contributed by atoms with Crippen LogP contribution in [0, 0.1) is 29.4 Å². The standard InChI is InChI=1S/C36H36F5N5O3/c1-2-23-26(37)7-6-20-15-22(48)16-24(29(20)23)31-30(38)32-25(19-43-31)33(42-12-14-47)45-28(44-32)8-11-34-9-3-5-27(34)46(13-4-10-34)21-17-35(49,18-21)36(39,40)41/h1,6-7,15-16,19,21,27,47-49H,3-5,8-14,17-18H2,(H,42,44,45). The van der Waals surface area contributed by atoms with Crippen LogP contribution >= 0.6 is 0 Å².